The van der Waals surface area contributed by atoms with E-state index < -0.39 is 29.4 Å². The molecule has 1 atom stereocenters. The van der Waals surface area contributed by atoms with Crippen molar-refractivity contribution in [2.24, 2.45) is 0 Å². The van der Waals surface area contributed by atoms with Gasteiger partial charge in [-0.2, -0.15) is 8.78 Å². The molecule has 3 rings (SSSR count). The van der Waals surface area contributed by atoms with Crippen LogP contribution in [-0.4, -0.2) is 36.1 Å². The average molecular weight is 478 g/mol. The van der Waals surface area contributed by atoms with Crippen molar-refractivity contribution >= 4 is 17.6 Å². The van der Waals surface area contributed by atoms with Crippen molar-refractivity contribution in [1.29, 1.82) is 0 Å². The Morgan fingerprint density at radius 1 is 1.06 bits per heavy atom. The fourth-order valence-electron chi connectivity index (χ4n) is 3.37. The lowest BCUT2D eigenvalue weighted by Gasteiger charge is -2.23. The lowest BCUT2D eigenvalue weighted by atomic mass is 10.00. The number of hydrogen-bond donors (Lipinski definition) is 1. The Morgan fingerprint density at radius 3 is 2.30 bits per heavy atom. The summed E-state index contributed by atoms with van der Waals surface area (Å²) in [5.74, 6) is -4.66. The molecule has 3 aromatic carbocycles. The third-order valence-corrected chi connectivity index (χ3v) is 5.42. The van der Waals surface area contributed by atoms with Crippen molar-refractivity contribution in [1.82, 2.24) is 4.90 Å². The number of halogens is 4. The molecule has 0 spiro atoms. The van der Waals surface area contributed by atoms with Crippen molar-refractivity contribution in [3.63, 3.8) is 0 Å². The fraction of sp³-hybridized carbons (Fsp3) is 0.240. The lowest BCUT2D eigenvalue weighted by molar-refractivity contribution is -0.138. The molecule has 0 amide bonds. The van der Waals surface area contributed by atoms with Crippen LogP contribution in [0.15, 0.2) is 72.8 Å². The Bertz CT molecular complexity index is 1080. The van der Waals surface area contributed by atoms with Gasteiger partial charge in [-0.05, 0) is 55.1 Å². The SMILES string of the molecule is CN(CCC(Oc1ccc(C(F)(F)c2ccc(F)c(Cl)c2)cc1)c1ccccc1)CC(=O)O. The normalized spacial score (nSPS) is 12.5. The number of carboxylic acid groups (broad SMARTS) is 1. The Hall–Kier alpha value is -3.03. The zero-order valence-electron chi connectivity index (χ0n) is 17.8. The summed E-state index contributed by atoms with van der Waals surface area (Å²) in [7, 11) is 1.70. The first-order chi connectivity index (χ1) is 15.7. The Morgan fingerprint density at radius 2 is 1.70 bits per heavy atom. The van der Waals surface area contributed by atoms with E-state index in [1.54, 1.807) is 11.9 Å². The number of alkyl halides is 2. The first-order valence-corrected chi connectivity index (χ1v) is 10.6. The van der Waals surface area contributed by atoms with Crippen molar-refractivity contribution in [3.05, 3.63) is 100 Å². The number of hydrogen-bond acceptors (Lipinski definition) is 3. The van der Waals surface area contributed by atoms with E-state index in [4.69, 9.17) is 21.4 Å². The van der Waals surface area contributed by atoms with E-state index >= 15 is 0 Å². The Balaban J connectivity index is 1.76. The minimum absolute atomic E-state index is 0.0985. The molecular formula is C25H23ClF3NO3. The first-order valence-electron chi connectivity index (χ1n) is 10.2. The van der Waals surface area contributed by atoms with Crippen LogP contribution in [0.4, 0.5) is 13.2 Å². The van der Waals surface area contributed by atoms with Gasteiger partial charge in [0.1, 0.15) is 17.7 Å². The minimum atomic E-state index is -3.37. The Kier molecular flexibility index (Phi) is 8.00. The summed E-state index contributed by atoms with van der Waals surface area (Å²) in [6, 6.07) is 17.6. The molecule has 8 heteroatoms. The number of rotatable bonds is 10. The maximum atomic E-state index is 14.9. The van der Waals surface area contributed by atoms with Crippen LogP contribution in [0.5, 0.6) is 5.75 Å². The van der Waals surface area contributed by atoms with Gasteiger partial charge in [-0.1, -0.05) is 41.9 Å². The molecule has 0 aromatic heterocycles. The van der Waals surface area contributed by atoms with Crippen LogP contribution in [0.2, 0.25) is 5.02 Å². The molecule has 174 valence electrons. The van der Waals surface area contributed by atoms with Crippen LogP contribution in [0.25, 0.3) is 0 Å². The molecule has 0 heterocycles. The van der Waals surface area contributed by atoms with E-state index in [0.717, 1.165) is 23.8 Å². The number of carbonyl (C=O) groups is 1. The highest BCUT2D eigenvalue weighted by molar-refractivity contribution is 6.30. The smallest absolute Gasteiger partial charge is 0.317 e. The van der Waals surface area contributed by atoms with Crippen molar-refractivity contribution in [3.8, 4) is 5.75 Å². The highest BCUT2D eigenvalue weighted by Crippen LogP contribution is 2.38. The van der Waals surface area contributed by atoms with E-state index in [-0.39, 0.29) is 17.1 Å². The van der Waals surface area contributed by atoms with Crippen LogP contribution in [0.1, 0.15) is 29.2 Å². The topological polar surface area (TPSA) is 49.8 Å². The number of nitrogens with zero attached hydrogens (tertiary/aromatic N) is 1. The zero-order valence-corrected chi connectivity index (χ0v) is 18.6. The van der Waals surface area contributed by atoms with Crippen molar-refractivity contribution in [2.45, 2.75) is 18.4 Å². The summed E-state index contributed by atoms with van der Waals surface area (Å²) in [4.78, 5) is 12.6. The predicted octanol–water partition coefficient (Wildman–Crippen LogP) is 6.15. The van der Waals surface area contributed by atoms with Gasteiger partial charge in [-0.3, -0.25) is 9.69 Å². The van der Waals surface area contributed by atoms with Gasteiger partial charge in [-0.25, -0.2) is 4.39 Å². The van der Waals surface area contributed by atoms with E-state index in [0.29, 0.717) is 18.7 Å². The summed E-state index contributed by atoms with van der Waals surface area (Å²) < 4.78 is 49.2. The van der Waals surface area contributed by atoms with Crippen molar-refractivity contribution in [2.75, 3.05) is 20.1 Å². The summed E-state index contributed by atoms with van der Waals surface area (Å²) in [6.45, 7) is 0.367. The maximum Gasteiger partial charge on any atom is 0.317 e. The molecule has 33 heavy (non-hydrogen) atoms. The Labute approximate surface area is 195 Å². The summed E-state index contributed by atoms with van der Waals surface area (Å²) >= 11 is 5.66. The van der Waals surface area contributed by atoms with Gasteiger partial charge in [0.15, 0.2) is 0 Å². The fourth-order valence-corrected chi connectivity index (χ4v) is 3.55. The van der Waals surface area contributed by atoms with Crippen LogP contribution in [-0.2, 0) is 10.7 Å². The third-order valence-electron chi connectivity index (χ3n) is 5.13. The molecule has 4 nitrogen and oxygen atoms in total. The van der Waals surface area contributed by atoms with Crippen molar-refractivity contribution < 1.29 is 27.8 Å². The molecule has 0 fully saturated rings. The van der Waals surface area contributed by atoms with Gasteiger partial charge in [-0.15, -0.1) is 0 Å². The predicted molar refractivity (Wildman–Crippen MR) is 120 cm³/mol. The largest absolute Gasteiger partial charge is 0.486 e. The van der Waals surface area contributed by atoms with Crippen LogP contribution < -0.4 is 4.74 Å². The summed E-state index contributed by atoms with van der Waals surface area (Å²) in [5.41, 5.74) is 0.192. The second-order valence-corrected chi connectivity index (χ2v) is 8.07. The molecule has 0 aliphatic carbocycles. The van der Waals surface area contributed by atoms with E-state index in [9.17, 15) is 18.0 Å². The molecule has 0 aliphatic heterocycles. The summed E-state index contributed by atoms with van der Waals surface area (Å²) in [6.07, 6.45) is 0.101. The molecule has 0 aliphatic rings. The van der Waals surface area contributed by atoms with E-state index in [1.165, 1.54) is 24.3 Å². The van der Waals surface area contributed by atoms with Gasteiger partial charge in [0.25, 0.3) is 5.92 Å². The van der Waals surface area contributed by atoms with Gasteiger partial charge < -0.3 is 9.84 Å². The average Bonchev–Trinajstić information content (AvgIpc) is 2.79. The zero-order chi connectivity index (χ0) is 24.0. The van der Waals surface area contributed by atoms with Gasteiger partial charge in [0.2, 0.25) is 0 Å². The quantitative estimate of drug-likeness (QED) is 0.381. The molecular weight excluding hydrogens is 455 g/mol. The highest BCUT2D eigenvalue weighted by atomic mass is 35.5. The van der Waals surface area contributed by atoms with Gasteiger partial charge in [0.05, 0.1) is 11.6 Å². The van der Waals surface area contributed by atoms with Crippen LogP contribution in [0, 0.1) is 5.82 Å². The molecule has 0 bridgehead atoms. The monoisotopic (exact) mass is 477 g/mol. The summed E-state index contributed by atoms with van der Waals surface area (Å²) in [5, 5.41) is 8.57. The molecule has 0 saturated heterocycles. The molecule has 1 unspecified atom stereocenters. The third kappa shape index (κ3) is 6.49. The lowest BCUT2D eigenvalue weighted by Crippen LogP contribution is -2.28. The van der Waals surface area contributed by atoms with Gasteiger partial charge >= 0.3 is 5.97 Å². The number of carboxylic acids is 1. The van der Waals surface area contributed by atoms with Crippen LogP contribution >= 0.6 is 11.6 Å². The maximum absolute atomic E-state index is 14.9. The number of ether oxygens (including phenoxy) is 1. The standard InChI is InChI=1S/C25H23ClF3NO3/c1-30(16-24(31)32)14-13-23(17-5-3-2-4-6-17)33-20-10-7-18(8-11-20)25(28,29)19-9-12-22(27)21(26)15-19/h2-12,15,23H,13-14,16H2,1H3,(H,31,32). The van der Waals surface area contributed by atoms with E-state index in [1.807, 2.05) is 30.3 Å². The second-order valence-electron chi connectivity index (χ2n) is 7.67. The molecule has 3 aromatic rings. The number of aliphatic carboxylic acids is 1. The highest BCUT2D eigenvalue weighted by Gasteiger charge is 2.34. The van der Waals surface area contributed by atoms with Crippen LogP contribution in [0.3, 0.4) is 0 Å². The van der Waals surface area contributed by atoms with E-state index in [2.05, 4.69) is 0 Å². The second kappa shape index (κ2) is 10.7. The molecule has 1 N–H and O–H groups in total. The number of benzene rings is 3. The minimum Gasteiger partial charge on any atom is -0.486 e. The molecule has 0 radical (unpaired) electrons. The number of likely N-dealkylation sites (N-methyl/N-ethyl adjacent to an activating group) is 1. The molecule has 0 saturated carbocycles. The van der Waals surface area contributed by atoms with Gasteiger partial charge in [0, 0.05) is 24.1 Å². The first kappa shape index (κ1) is 24.6.